The summed E-state index contributed by atoms with van der Waals surface area (Å²) < 4.78 is 5.95. The SMILES string of the molecule is CN(C)c1ccc2nc(C3C(=O)c4cc5c(cc4C3=O)C(=O)N(c3cc(OCN4C(=O)NC(=O)C4(C)C)ccc3C3CCCC3)C5=O)[nH]c(=O)c2c1. The van der Waals surface area contributed by atoms with Gasteiger partial charge >= 0.3 is 6.03 Å². The number of imide groups is 2. The molecule has 2 aliphatic carbocycles. The summed E-state index contributed by atoms with van der Waals surface area (Å²) in [5.41, 5.74) is 0.408. The van der Waals surface area contributed by atoms with Crippen LogP contribution in [0.1, 0.15) is 104 Å². The van der Waals surface area contributed by atoms with Crippen molar-refractivity contribution in [3.05, 3.63) is 92.5 Å². The Labute approximate surface area is 296 Å². The minimum absolute atomic E-state index is 0.0283. The lowest BCUT2D eigenvalue weighted by atomic mass is 9.95. The Morgan fingerprint density at radius 3 is 2.10 bits per heavy atom. The molecule has 2 aliphatic heterocycles. The van der Waals surface area contributed by atoms with Gasteiger partial charge in [-0.05, 0) is 74.6 Å². The number of fused-ring (bicyclic) bond motifs is 3. The van der Waals surface area contributed by atoms with Crippen molar-refractivity contribution in [1.82, 2.24) is 20.2 Å². The van der Waals surface area contributed by atoms with Gasteiger partial charge in [0.2, 0.25) is 0 Å². The van der Waals surface area contributed by atoms with Crippen LogP contribution in [0.2, 0.25) is 0 Å². The molecular formula is C38H34N6O8. The minimum atomic E-state index is -1.44. The van der Waals surface area contributed by atoms with Crippen molar-refractivity contribution in [3.63, 3.8) is 0 Å². The van der Waals surface area contributed by atoms with E-state index in [1.807, 2.05) is 19.0 Å². The standard InChI is InChI=1S/C38H34N6O8/c1-38(2)36(50)41-37(51)43(38)17-52-20-10-11-21(18-7-5-6-8-18)28(14-20)44-34(48)24-15-22-23(16-25(24)35(44)49)31(46)29(30(22)45)32-39-27-12-9-19(42(3)4)13-26(27)33(47)40-32/h9-16,18,29H,5-8,17H2,1-4H3,(H,39,40,47)(H,41,50,51). The molecule has 4 aromatic rings. The number of aromatic amines is 1. The molecule has 52 heavy (non-hydrogen) atoms. The Balaban J connectivity index is 1.12. The average Bonchev–Trinajstić information content (AvgIpc) is 3.83. The predicted octanol–water partition coefficient (Wildman–Crippen LogP) is 4.28. The van der Waals surface area contributed by atoms with Crippen LogP contribution in [0.15, 0.2) is 53.3 Å². The van der Waals surface area contributed by atoms with E-state index < -0.39 is 52.3 Å². The lowest BCUT2D eigenvalue weighted by Crippen LogP contribution is -2.46. The largest absolute Gasteiger partial charge is 0.473 e. The summed E-state index contributed by atoms with van der Waals surface area (Å²) in [6, 6.07) is 12.1. The number of nitrogens with one attached hydrogen (secondary N) is 2. The first-order valence-corrected chi connectivity index (χ1v) is 17.0. The number of urea groups is 1. The second kappa shape index (κ2) is 11.7. The number of ether oxygens (including phenoxy) is 1. The summed E-state index contributed by atoms with van der Waals surface area (Å²) >= 11 is 0. The predicted molar refractivity (Wildman–Crippen MR) is 188 cm³/mol. The Hall–Kier alpha value is -6.18. The Bertz CT molecular complexity index is 2320. The highest BCUT2D eigenvalue weighted by atomic mass is 16.5. The molecule has 0 unspecified atom stereocenters. The number of aromatic nitrogens is 2. The number of benzene rings is 3. The number of ketones is 2. The maximum absolute atomic E-state index is 14.1. The highest BCUT2D eigenvalue weighted by Gasteiger charge is 2.48. The number of hydrogen-bond acceptors (Lipinski definition) is 10. The van der Waals surface area contributed by atoms with Crippen LogP contribution in [0.5, 0.6) is 5.75 Å². The molecule has 0 radical (unpaired) electrons. The van der Waals surface area contributed by atoms with Gasteiger partial charge in [-0.1, -0.05) is 18.9 Å². The highest BCUT2D eigenvalue weighted by Crippen LogP contribution is 2.44. The number of carbonyl (C=O) groups is 6. The first-order valence-electron chi connectivity index (χ1n) is 17.0. The van der Waals surface area contributed by atoms with Crippen LogP contribution in [0.25, 0.3) is 10.9 Å². The molecule has 3 heterocycles. The van der Waals surface area contributed by atoms with Crippen molar-refractivity contribution < 1.29 is 33.5 Å². The Kier molecular flexibility index (Phi) is 7.41. The number of amides is 5. The molecule has 14 nitrogen and oxygen atoms in total. The normalized spacial score (nSPS) is 18.5. The van der Waals surface area contributed by atoms with Gasteiger partial charge in [0.05, 0.1) is 27.7 Å². The lowest BCUT2D eigenvalue weighted by molar-refractivity contribution is -0.125. The van der Waals surface area contributed by atoms with E-state index in [2.05, 4.69) is 15.3 Å². The zero-order valence-electron chi connectivity index (χ0n) is 28.9. The van der Waals surface area contributed by atoms with E-state index >= 15 is 0 Å². The molecule has 0 bridgehead atoms. The van der Waals surface area contributed by atoms with Gasteiger partial charge in [0.1, 0.15) is 23.0 Å². The van der Waals surface area contributed by atoms with Gasteiger partial charge in [0.25, 0.3) is 23.3 Å². The summed E-state index contributed by atoms with van der Waals surface area (Å²) in [5.74, 6) is -4.27. The molecule has 8 rings (SSSR count). The fourth-order valence-electron chi connectivity index (χ4n) is 7.59. The zero-order valence-corrected chi connectivity index (χ0v) is 28.9. The first-order chi connectivity index (χ1) is 24.8. The smallest absolute Gasteiger partial charge is 0.327 e. The third-order valence-corrected chi connectivity index (χ3v) is 10.7. The van der Waals surface area contributed by atoms with Gasteiger partial charge in [-0.15, -0.1) is 0 Å². The van der Waals surface area contributed by atoms with E-state index in [1.54, 1.807) is 50.2 Å². The lowest BCUT2D eigenvalue weighted by Gasteiger charge is -2.28. The number of anilines is 2. The van der Waals surface area contributed by atoms with Crippen molar-refractivity contribution >= 4 is 57.6 Å². The summed E-state index contributed by atoms with van der Waals surface area (Å²) in [7, 11) is 3.67. The molecule has 2 N–H and O–H groups in total. The van der Waals surface area contributed by atoms with Crippen LogP contribution in [-0.4, -0.2) is 76.6 Å². The second-order valence-corrected chi connectivity index (χ2v) is 14.3. The van der Waals surface area contributed by atoms with Crippen LogP contribution in [0.3, 0.4) is 0 Å². The molecule has 0 atom stereocenters. The van der Waals surface area contributed by atoms with Crippen LogP contribution in [0.4, 0.5) is 16.2 Å². The molecule has 4 aliphatic rings. The van der Waals surface area contributed by atoms with E-state index in [0.717, 1.165) is 41.8 Å². The number of hydrogen-bond donors (Lipinski definition) is 2. The van der Waals surface area contributed by atoms with Crippen LogP contribution in [-0.2, 0) is 4.79 Å². The highest BCUT2D eigenvalue weighted by molar-refractivity contribution is 6.37. The van der Waals surface area contributed by atoms with Gasteiger partial charge in [0, 0.05) is 37.0 Å². The molecule has 1 saturated heterocycles. The quantitative estimate of drug-likeness (QED) is 0.160. The van der Waals surface area contributed by atoms with Crippen LogP contribution >= 0.6 is 0 Å². The fourth-order valence-corrected chi connectivity index (χ4v) is 7.59. The van der Waals surface area contributed by atoms with Crippen molar-refractivity contribution in [3.8, 4) is 5.75 Å². The summed E-state index contributed by atoms with van der Waals surface area (Å²) in [6.45, 7) is 2.93. The zero-order chi connectivity index (χ0) is 36.8. The summed E-state index contributed by atoms with van der Waals surface area (Å²) in [4.78, 5) is 105. The van der Waals surface area contributed by atoms with Gasteiger partial charge in [-0.3, -0.25) is 39.0 Å². The van der Waals surface area contributed by atoms with Crippen molar-refractivity contribution in [1.29, 1.82) is 0 Å². The number of H-pyrrole nitrogens is 1. The third kappa shape index (κ3) is 4.92. The molecule has 264 valence electrons. The van der Waals surface area contributed by atoms with E-state index in [9.17, 15) is 33.6 Å². The van der Waals surface area contributed by atoms with Crippen LogP contribution in [0, 0.1) is 0 Å². The third-order valence-electron chi connectivity index (χ3n) is 10.7. The molecule has 14 heteroatoms. The molecule has 0 spiro atoms. The second-order valence-electron chi connectivity index (χ2n) is 14.3. The monoisotopic (exact) mass is 702 g/mol. The number of rotatable bonds is 7. The molecule has 5 amide bonds. The maximum Gasteiger partial charge on any atom is 0.327 e. The molecule has 3 aromatic carbocycles. The van der Waals surface area contributed by atoms with Crippen molar-refractivity contribution in [2.45, 2.75) is 56.9 Å². The first kappa shape index (κ1) is 33.0. The van der Waals surface area contributed by atoms with Gasteiger partial charge in [-0.25, -0.2) is 14.7 Å². The molecule has 1 aromatic heterocycles. The number of nitrogens with zero attached hydrogens (tertiary/aromatic N) is 4. The van der Waals surface area contributed by atoms with E-state index in [0.29, 0.717) is 16.6 Å². The summed E-state index contributed by atoms with van der Waals surface area (Å²) in [5, 5.41) is 2.57. The van der Waals surface area contributed by atoms with Gasteiger partial charge in [0.15, 0.2) is 18.3 Å². The number of Topliss-reactive ketones (excluding diaryl/α,β-unsaturated/α-hetero) is 2. The molecular weight excluding hydrogens is 668 g/mol. The van der Waals surface area contributed by atoms with E-state index in [4.69, 9.17) is 4.74 Å². The Morgan fingerprint density at radius 2 is 1.50 bits per heavy atom. The number of carbonyl (C=O) groups excluding carboxylic acids is 6. The van der Waals surface area contributed by atoms with E-state index in [-0.39, 0.29) is 46.5 Å². The topological polar surface area (TPSA) is 179 Å². The van der Waals surface area contributed by atoms with Crippen molar-refractivity contribution in [2.24, 2.45) is 0 Å². The minimum Gasteiger partial charge on any atom is -0.473 e. The van der Waals surface area contributed by atoms with Crippen LogP contribution < -0.4 is 25.4 Å². The molecule has 2 fully saturated rings. The summed E-state index contributed by atoms with van der Waals surface area (Å²) in [6.07, 6.45) is 3.70. The van der Waals surface area contributed by atoms with Crippen molar-refractivity contribution in [2.75, 3.05) is 30.6 Å². The van der Waals surface area contributed by atoms with Gasteiger partial charge < -0.3 is 14.6 Å². The Morgan fingerprint density at radius 1 is 0.846 bits per heavy atom. The fraction of sp³-hybridized carbons (Fsp3) is 0.316. The van der Waals surface area contributed by atoms with Gasteiger partial charge in [-0.2, -0.15) is 0 Å². The maximum atomic E-state index is 14.1. The van der Waals surface area contributed by atoms with E-state index in [1.165, 1.54) is 17.0 Å². The molecule has 1 saturated carbocycles. The average molecular weight is 703 g/mol.